The van der Waals surface area contributed by atoms with Gasteiger partial charge in [-0.3, -0.25) is 4.79 Å². The number of amidine groups is 1. The molecule has 0 aliphatic carbocycles. The van der Waals surface area contributed by atoms with Crippen LogP contribution in [0.4, 0.5) is 18.9 Å². The highest BCUT2D eigenvalue weighted by Gasteiger charge is 2.31. The largest absolute Gasteiger partial charge is 0.504 e. The number of benzene rings is 2. The fourth-order valence-electron chi connectivity index (χ4n) is 2.41. The number of hydrogen-bond acceptors (Lipinski definition) is 5. The number of ether oxygens (including phenoxy) is 1. The van der Waals surface area contributed by atoms with Gasteiger partial charge in [0.15, 0.2) is 16.7 Å². The molecule has 1 heterocycles. The molecule has 0 atom stereocenters. The lowest BCUT2D eigenvalue weighted by atomic mass is 10.2. The number of nitrogens with zero attached hydrogens (tertiary/aromatic N) is 1. The Bertz CT molecular complexity index is 1020. The number of thioether (sulfide) groups is 1. The molecule has 0 spiro atoms. The lowest BCUT2D eigenvalue weighted by Crippen LogP contribution is -2.19. The van der Waals surface area contributed by atoms with E-state index in [0.29, 0.717) is 12.2 Å². The maximum Gasteiger partial charge on any atom is 0.416 e. The van der Waals surface area contributed by atoms with Crippen molar-refractivity contribution >= 4 is 46.2 Å². The molecule has 3 rings (SSSR count). The van der Waals surface area contributed by atoms with E-state index in [1.807, 2.05) is 0 Å². The zero-order chi connectivity index (χ0) is 21.2. The number of phenols is 1. The number of nitrogens with one attached hydrogen (secondary N) is 1. The van der Waals surface area contributed by atoms with Crippen molar-refractivity contribution in [3.63, 3.8) is 0 Å². The summed E-state index contributed by atoms with van der Waals surface area (Å²) in [5.41, 5.74) is -0.394. The van der Waals surface area contributed by atoms with Crippen LogP contribution in [0.15, 0.2) is 46.3 Å². The van der Waals surface area contributed by atoms with Crippen LogP contribution in [-0.4, -0.2) is 22.8 Å². The summed E-state index contributed by atoms with van der Waals surface area (Å²) in [4.78, 5) is 16.5. The molecule has 2 N–H and O–H groups in total. The van der Waals surface area contributed by atoms with E-state index in [4.69, 9.17) is 16.3 Å². The van der Waals surface area contributed by atoms with Crippen LogP contribution in [0.25, 0.3) is 6.08 Å². The molecule has 1 aliphatic rings. The van der Waals surface area contributed by atoms with Crippen LogP contribution >= 0.6 is 23.4 Å². The van der Waals surface area contributed by atoms with Crippen molar-refractivity contribution in [2.75, 3.05) is 6.61 Å². The van der Waals surface area contributed by atoms with Gasteiger partial charge < -0.3 is 15.2 Å². The number of rotatable bonds is 4. The number of aliphatic imine (C=N–C) groups is 1. The van der Waals surface area contributed by atoms with E-state index in [-0.39, 0.29) is 32.3 Å². The predicted octanol–water partition coefficient (Wildman–Crippen LogP) is 5.35. The third-order valence-electron chi connectivity index (χ3n) is 3.73. The van der Waals surface area contributed by atoms with Crippen LogP contribution in [0.2, 0.25) is 5.02 Å². The van der Waals surface area contributed by atoms with Gasteiger partial charge in [0.25, 0.3) is 5.91 Å². The van der Waals surface area contributed by atoms with Crippen molar-refractivity contribution in [1.29, 1.82) is 0 Å². The minimum absolute atomic E-state index is 0.0256. The van der Waals surface area contributed by atoms with Crippen LogP contribution in [-0.2, 0) is 11.0 Å². The second kappa shape index (κ2) is 8.38. The summed E-state index contributed by atoms with van der Waals surface area (Å²) in [6.45, 7) is 2.13. The quantitative estimate of drug-likeness (QED) is 0.626. The predicted molar refractivity (Wildman–Crippen MR) is 107 cm³/mol. The maximum atomic E-state index is 12.9. The van der Waals surface area contributed by atoms with E-state index in [9.17, 15) is 23.1 Å². The molecule has 2 aromatic rings. The Morgan fingerprint density at radius 1 is 1.28 bits per heavy atom. The number of alkyl halides is 3. The molecule has 5 nitrogen and oxygen atoms in total. The summed E-state index contributed by atoms with van der Waals surface area (Å²) in [5, 5.41) is 12.4. The van der Waals surface area contributed by atoms with Crippen LogP contribution in [0.5, 0.6) is 11.5 Å². The van der Waals surface area contributed by atoms with Gasteiger partial charge in [-0.25, -0.2) is 4.99 Å². The van der Waals surface area contributed by atoms with E-state index in [1.54, 1.807) is 25.1 Å². The summed E-state index contributed by atoms with van der Waals surface area (Å²) in [5.74, 6) is -0.211. The van der Waals surface area contributed by atoms with Crippen molar-refractivity contribution in [3.8, 4) is 11.5 Å². The number of aromatic hydroxyl groups is 1. The van der Waals surface area contributed by atoms with E-state index in [1.165, 1.54) is 6.07 Å². The van der Waals surface area contributed by atoms with E-state index < -0.39 is 17.6 Å². The number of amides is 1. The molecule has 1 amide bonds. The topological polar surface area (TPSA) is 70.9 Å². The molecule has 1 saturated heterocycles. The Morgan fingerprint density at radius 3 is 2.72 bits per heavy atom. The first-order valence-corrected chi connectivity index (χ1v) is 9.49. The third kappa shape index (κ3) is 5.04. The number of carbonyl (C=O) groups excluding carboxylic acids is 1. The fourth-order valence-corrected chi connectivity index (χ4v) is 3.40. The molecule has 0 radical (unpaired) electrons. The van der Waals surface area contributed by atoms with Crippen molar-refractivity contribution < 1.29 is 27.8 Å². The Labute approximate surface area is 173 Å². The molecule has 0 bridgehead atoms. The lowest BCUT2D eigenvalue weighted by molar-refractivity contribution is -0.137. The third-order valence-corrected chi connectivity index (χ3v) is 4.96. The zero-order valence-electron chi connectivity index (χ0n) is 14.9. The van der Waals surface area contributed by atoms with E-state index >= 15 is 0 Å². The van der Waals surface area contributed by atoms with Crippen molar-refractivity contribution in [1.82, 2.24) is 5.32 Å². The van der Waals surface area contributed by atoms with Crippen LogP contribution in [0.1, 0.15) is 18.1 Å². The normalized spacial score (nSPS) is 17.1. The first-order valence-electron chi connectivity index (χ1n) is 8.29. The average molecular weight is 443 g/mol. The average Bonchev–Trinajstić information content (AvgIpc) is 2.98. The van der Waals surface area contributed by atoms with Gasteiger partial charge >= 0.3 is 6.18 Å². The maximum absolute atomic E-state index is 12.9. The molecule has 10 heteroatoms. The van der Waals surface area contributed by atoms with Crippen LogP contribution in [0, 0.1) is 0 Å². The number of carbonyl (C=O) groups is 1. The highest BCUT2D eigenvalue weighted by molar-refractivity contribution is 8.18. The second-order valence-electron chi connectivity index (χ2n) is 5.81. The molecule has 1 fully saturated rings. The summed E-state index contributed by atoms with van der Waals surface area (Å²) in [6.07, 6.45) is -2.98. The lowest BCUT2D eigenvalue weighted by Gasteiger charge is -2.08. The Kier molecular flexibility index (Phi) is 6.09. The van der Waals surface area contributed by atoms with Crippen molar-refractivity contribution in [2.24, 2.45) is 4.99 Å². The first-order chi connectivity index (χ1) is 13.7. The molecule has 152 valence electrons. The number of phenolic OH excluding ortho intramolecular Hbond substituents is 1. The van der Waals surface area contributed by atoms with Gasteiger partial charge in [0.1, 0.15) is 0 Å². The Hall–Kier alpha value is -2.65. The monoisotopic (exact) mass is 442 g/mol. The molecule has 1 aliphatic heterocycles. The minimum atomic E-state index is -4.53. The van der Waals surface area contributed by atoms with Crippen molar-refractivity contribution in [3.05, 3.63) is 57.5 Å². The highest BCUT2D eigenvalue weighted by atomic mass is 35.5. The SMILES string of the molecule is CCOc1cc(/C=C2\SC(=Nc3cc(C(F)(F)F)ccc3Cl)NC2=O)ccc1O. The van der Waals surface area contributed by atoms with Gasteiger partial charge in [-0.1, -0.05) is 17.7 Å². The van der Waals surface area contributed by atoms with Crippen LogP contribution < -0.4 is 10.1 Å². The summed E-state index contributed by atoms with van der Waals surface area (Å²) >= 11 is 6.90. The van der Waals surface area contributed by atoms with E-state index in [2.05, 4.69) is 10.3 Å². The number of halogens is 4. The standard InChI is InChI=1S/C19H14ClF3N2O3S/c1-2-28-15-7-10(3-6-14(15)26)8-16-17(27)25-18(29-16)24-13-9-11(19(21,22)23)4-5-12(13)20/h3-9,26H,2H2,1H3,(H,24,25,27)/b16-8-. The highest BCUT2D eigenvalue weighted by Crippen LogP contribution is 2.37. The Balaban J connectivity index is 1.87. The van der Waals surface area contributed by atoms with Crippen LogP contribution in [0.3, 0.4) is 0 Å². The molecular weight excluding hydrogens is 429 g/mol. The molecule has 2 aromatic carbocycles. The zero-order valence-corrected chi connectivity index (χ0v) is 16.5. The summed E-state index contributed by atoms with van der Waals surface area (Å²) < 4.78 is 44.0. The molecule has 0 unspecified atom stereocenters. The van der Waals surface area contributed by atoms with Gasteiger partial charge in [0, 0.05) is 0 Å². The molecule has 29 heavy (non-hydrogen) atoms. The number of hydrogen-bond donors (Lipinski definition) is 2. The molecule has 0 aromatic heterocycles. The van der Waals surface area contributed by atoms with Gasteiger partial charge in [0.2, 0.25) is 0 Å². The van der Waals surface area contributed by atoms with Gasteiger partial charge in [-0.15, -0.1) is 0 Å². The summed E-state index contributed by atoms with van der Waals surface area (Å²) in [7, 11) is 0. The fraction of sp³-hybridized carbons (Fsp3) is 0.158. The van der Waals surface area contributed by atoms with E-state index in [0.717, 1.165) is 30.0 Å². The second-order valence-corrected chi connectivity index (χ2v) is 7.24. The minimum Gasteiger partial charge on any atom is -0.504 e. The summed E-state index contributed by atoms with van der Waals surface area (Å²) in [6, 6.07) is 7.38. The van der Waals surface area contributed by atoms with Gasteiger partial charge in [-0.05, 0) is 60.7 Å². The Morgan fingerprint density at radius 2 is 2.03 bits per heavy atom. The molecular formula is C19H14ClF3N2O3S. The van der Waals surface area contributed by atoms with Crippen molar-refractivity contribution in [2.45, 2.75) is 13.1 Å². The smallest absolute Gasteiger partial charge is 0.416 e. The van der Waals surface area contributed by atoms with Gasteiger partial charge in [-0.2, -0.15) is 13.2 Å². The first kappa shape index (κ1) is 21.1. The van der Waals surface area contributed by atoms with Gasteiger partial charge in [0.05, 0.1) is 27.8 Å². The molecule has 0 saturated carbocycles.